The normalized spacial score (nSPS) is 11.1. The van der Waals surface area contributed by atoms with Crippen molar-refractivity contribution < 1.29 is 0 Å². The molecule has 54 valence electrons. The van der Waals surface area contributed by atoms with E-state index in [2.05, 4.69) is 38.3 Å². The molecule has 0 fully saturated rings. The van der Waals surface area contributed by atoms with Crippen LogP contribution in [0, 0.1) is 13.8 Å². The van der Waals surface area contributed by atoms with Crippen molar-refractivity contribution in [1.29, 1.82) is 0 Å². The molecule has 10 heavy (non-hydrogen) atoms. The van der Waals surface area contributed by atoms with E-state index in [0.717, 1.165) is 0 Å². The number of hydrogen-bond donors (Lipinski definition) is 0. The number of aryl methyl sites for hydroxylation is 2. The molecule has 1 heterocycles. The average molecular weight is 152 g/mol. The van der Waals surface area contributed by atoms with Gasteiger partial charge in [0.15, 0.2) is 0 Å². The van der Waals surface area contributed by atoms with Crippen LogP contribution in [0.5, 0.6) is 0 Å². The SMILES string of the molecule is C/C=C\c1c(C)csc1C. The molecule has 0 aliphatic rings. The van der Waals surface area contributed by atoms with E-state index in [-0.39, 0.29) is 0 Å². The summed E-state index contributed by atoms with van der Waals surface area (Å²) in [6, 6.07) is 0. The molecule has 1 heteroatoms. The molecule has 0 aromatic carbocycles. The average Bonchev–Trinajstić information content (AvgIpc) is 2.20. The van der Waals surface area contributed by atoms with Crippen molar-refractivity contribution in [2.75, 3.05) is 0 Å². The van der Waals surface area contributed by atoms with Crippen molar-refractivity contribution in [1.82, 2.24) is 0 Å². The highest BCUT2D eigenvalue weighted by Crippen LogP contribution is 2.21. The Balaban J connectivity index is 3.10. The Hall–Kier alpha value is -0.560. The first kappa shape index (κ1) is 7.55. The van der Waals surface area contributed by atoms with E-state index in [0.29, 0.717) is 0 Å². The summed E-state index contributed by atoms with van der Waals surface area (Å²) < 4.78 is 0. The number of allylic oxidation sites excluding steroid dienone is 1. The quantitative estimate of drug-likeness (QED) is 0.578. The minimum Gasteiger partial charge on any atom is -0.148 e. The molecule has 1 aromatic rings. The third-order valence-electron chi connectivity index (χ3n) is 1.55. The zero-order chi connectivity index (χ0) is 7.56. The zero-order valence-corrected chi connectivity index (χ0v) is 7.46. The molecule has 0 aliphatic carbocycles. The van der Waals surface area contributed by atoms with E-state index in [1.807, 2.05) is 11.3 Å². The smallest absolute Gasteiger partial charge is 0.00892 e. The van der Waals surface area contributed by atoms with Crippen molar-refractivity contribution in [2.24, 2.45) is 0 Å². The van der Waals surface area contributed by atoms with Crippen molar-refractivity contribution in [3.05, 3.63) is 27.5 Å². The van der Waals surface area contributed by atoms with Crippen LogP contribution in [0.1, 0.15) is 22.9 Å². The maximum absolute atomic E-state index is 2.20. The molecular weight excluding hydrogens is 140 g/mol. The molecule has 1 rings (SSSR count). The predicted octanol–water partition coefficient (Wildman–Crippen LogP) is 3.40. The predicted molar refractivity (Wildman–Crippen MR) is 48.5 cm³/mol. The van der Waals surface area contributed by atoms with Gasteiger partial charge in [-0.15, -0.1) is 11.3 Å². The topological polar surface area (TPSA) is 0 Å². The standard InChI is InChI=1S/C9H12S/c1-4-5-9-7(2)6-10-8(9)3/h4-6H,1-3H3/b5-4-. The lowest BCUT2D eigenvalue weighted by Gasteiger charge is -1.90. The van der Waals surface area contributed by atoms with Crippen LogP contribution in [0.25, 0.3) is 6.08 Å². The van der Waals surface area contributed by atoms with E-state index < -0.39 is 0 Å². The van der Waals surface area contributed by atoms with Gasteiger partial charge in [0.1, 0.15) is 0 Å². The van der Waals surface area contributed by atoms with Gasteiger partial charge in [-0.3, -0.25) is 0 Å². The molecule has 0 saturated carbocycles. The molecule has 0 nitrogen and oxygen atoms in total. The van der Waals surface area contributed by atoms with Gasteiger partial charge in [0.2, 0.25) is 0 Å². The number of thiophene rings is 1. The second-order valence-electron chi connectivity index (χ2n) is 2.39. The van der Waals surface area contributed by atoms with Gasteiger partial charge < -0.3 is 0 Å². The zero-order valence-electron chi connectivity index (χ0n) is 6.64. The van der Waals surface area contributed by atoms with Crippen molar-refractivity contribution in [3.63, 3.8) is 0 Å². The lowest BCUT2D eigenvalue weighted by Crippen LogP contribution is -1.72. The van der Waals surface area contributed by atoms with Crippen LogP contribution in [0.4, 0.5) is 0 Å². The van der Waals surface area contributed by atoms with Gasteiger partial charge >= 0.3 is 0 Å². The van der Waals surface area contributed by atoms with Gasteiger partial charge in [-0.1, -0.05) is 12.2 Å². The molecule has 0 N–H and O–H groups in total. The Bertz CT molecular complexity index is 224. The maximum atomic E-state index is 2.20. The first-order chi connectivity index (χ1) is 4.75. The minimum atomic E-state index is 1.39. The summed E-state index contributed by atoms with van der Waals surface area (Å²) in [4.78, 5) is 1.41. The van der Waals surface area contributed by atoms with E-state index in [1.54, 1.807) is 0 Å². The second kappa shape index (κ2) is 3.02. The van der Waals surface area contributed by atoms with Crippen LogP contribution in [0.2, 0.25) is 0 Å². The first-order valence-electron chi connectivity index (χ1n) is 3.43. The van der Waals surface area contributed by atoms with Crippen LogP contribution in [-0.2, 0) is 0 Å². The van der Waals surface area contributed by atoms with Gasteiger partial charge in [-0.25, -0.2) is 0 Å². The largest absolute Gasteiger partial charge is 0.148 e. The monoisotopic (exact) mass is 152 g/mol. The summed E-state index contributed by atoms with van der Waals surface area (Å²) in [6.07, 6.45) is 4.25. The van der Waals surface area contributed by atoms with E-state index in [9.17, 15) is 0 Å². The summed E-state index contributed by atoms with van der Waals surface area (Å²) in [6.45, 7) is 6.36. The fraction of sp³-hybridized carbons (Fsp3) is 0.333. The molecule has 0 amide bonds. The van der Waals surface area contributed by atoms with Gasteiger partial charge in [0.25, 0.3) is 0 Å². The summed E-state index contributed by atoms with van der Waals surface area (Å²) >= 11 is 1.82. The highest BCUT2D eigenvalue weighted by molar-refractivity contribution is 7.10. The third kappa shape index (κ3) is 1.29. The number of hydrogen-bond acceptors (Lipinski definition) is 1. The van der Waals surface area contributed by atoms with E-state index in [1.165, 1.54) is 16.0 Å². The van der Waals surface area contributed by atoms with Crippen molar-refractivity contribution >= 4 is 17.4 Å². The molecule has 0 aliphatic heterocycles. The minimum absolute atomic E-state index is 1.39. The Morgan fingerprint density at radius 2 is 2.10 bits per heavy atom. The van der Waals surface area contributed by atoms with Crippen LogP contribution in [-0.4, -0.2) is 0 Å². The molecule has 0 bridgehead atoms. The summed E-state index contributed by atoms with van der Waals surface area (Å²) in [7, 11) is 0. The van der Waals surface area contributed by atoms with Crippen LogP contribution >= 0.6 is 11.3 Å². The summed E-state index contributed by atoms with van der Waals surface area (Å²) in [5.41, 5.74) is 2.79. The molecular formula is C9H12S. The third-order valence-corrected chi connectivity index (χ3v) is 2.59. The van der Waals surface area contributed by atoms with Crippen LogP contribution < -0.4 is 0 Å². The highest BCUT2D eigenvalue weighted by Gasteiger charge is 1.98. The Kier molecular flexibility index (Phi) is 2.28. The van der Waals surface area contributed by atoms with Crippen LogP contribution in [0.15, 0.2) is 11.5 Å². The fourth-order valence-corrected chi connectivity index (χ4v) is 1.83. The van der Waals surface area contributed by atoms with Crippen molar-refractivity contribution in [2.45, 2.75) is 20.8 Å². The second-order valence-corrected chi connectivity index (χ2v) is 3.47. The molecule has 0 saturated heterocycles. The summed E-state index contributed by atoms with van der Waals surface area (Å²) in [5.74, 6) is 0. The molecule has 1 aromatic heterocycles. The van der Waals surface area contributed by atoms with Crippen LogP contribution in [0.3, 0.4) is 0 Å². The Labute approximate surface area is 66.2 Å². The molecule has 0 atom stereocenters. The van der Waals surface area contributed by atoms with Gasteiger partial charge in [0, 0.05) is 4.88 Å². The van der Waals surface area contributed by atoms with Crippen molar-refractivity contribution in [3.8, 4) is 0 Å². The molecule has 0 unspecified atom stereocenters. The van der Waals surface area contributed by atoms with Gasteiger partial charge in [-0.05, 0) is 37.3 Å². The van der Waals surface area contributed by atoms with Gasteiger partial charge in [-0.2, -0.15) is 0 Å². The maximum Gasteiger partial charge on any atom is 0.00892 e. The highest BCUT2D eigenvalue weighted by atomic mass is 32.1. The Morgan fingerprint density at radius 3 is 2.50 bits per heavy atom. The molecule has 0 radical (unpaired) electrons. The first-order valence-corrected chi connectivity index (χ1v) is 4.31. The molecule has 0 spiro atoms. The lowest BCUT2D eigenvalue weighted by atomic mass is 10.1. The lowest BCUT2D eigenvalue weighted by molar-refractivity contribution is 1.47. The fourth-order valence-electron chi connectivity index (χ4n) is 0.997. The van der Waals surface area contributed by atoms with E-state index in [4.69, 9.17) is 0 Å². The summed E-state index contributed by atoms with van der Waals surface area (Å²) in [5, 5.41) is 2.20. The number of rotatable bonds is 1. The Morgan fingerprint density at radius 1 is 1.40 bits per heavy atom. The van der Waals surface area contributed by atoms with Gasteiger partial charge in [0.05, 0.1) is 0 Å². The van der Waals surface area contributed by atoms with E-state index >= 15 is 0 Å².